The molecule has 6 heteroatoms. The number of halogens is 2. The Kier molecular flexibility index (Phi) is 7.56. The normalized spacial score (nSPS) is 10.8. The van der Waals surface area contributed by atoms with Crippen LogP contribution in [-0.2, 0) is 11.3 Å². The fourth-order valence-electron chi connectivity index (χ4n) is 1.43. The molecule has 20 heavy (non-hydrogen) atoms. The summed E-state index contributed by atoms with van der Waals surface area (Å²) in [5.74, 6) is 0.0648. The topological polar surface area (TPSA) is 64.9 Å². The van der Waals surface area contributed by atoms with Gasteiger partial charge in [-0.15, -0.1) is 11.6 Å². The molecule has 0 bridgehead atoms. The summed E-state index contributed by atoms with van der Waals surface area (Å²) in [6.45, 7) is 0.941. The van der Waals surface area contributed by atoms with Crippen LogP contribution < -0.4 is 10.6 Å². The first-order chi connectivity index (χ1) is 9.67. The number of alkyl halides is 1. The number of carbonyl (C=O) groups excluding carboxylic acids is 1. The average molecular weight is 312 g/mol. The first-order valence-corrected chi connectivity index (χ1v) is 7.01. The smallest absolute Gasteiger partial charge is 0.263 e. The lowest BCUT2D eigenvalue weighted by atomic mass is 10.2. The molecule has 1 rings (SSSR count). The third-order valence-electron chi connectivity index (χ3n) is 2.40. The molecule has 0 atom stereocenters. The molecule has 0 saturated carbocycles. The number of nitriles is 1. The zero-order valence-corrected chi connectivity index (χ0v) is 12.3. The molecule has 1 aromatic rings. The van der Waals surface area contributed by atoms with E-state index in [2.05, 4.69) is 10.6 Å². The Labute approximate surface area is 128 Å². The summed E-state index contributed by atoms with van der Waals surface area (Å²) in [6.07, 6.45) is 2.07. The van der Waals surface area contributed by atoms with E-state index in [-0.39, 0.29) is 5.57 Å². The fourth-order valence-corrected chi connectivity index (χ4v) is 1.78. The lowest BCUT2D eigenvalue weighted by Crippen LogP contribution is -2.26. The standard InChI is InChI=1S/C14H15Cl2N3O/c15-5-2-6-19-14(20)12(8-17)10-18-9-11-3-1-4-13(16)7-11/h1,3-4,7,10,18H,2,5-6,9H2,(H,19,20)/b12-10-. The van der Waals surface area contributed by atoms with Gasteiger partial charge in [0.1, 0.15) is 11.6 Å². The van der Waals surface area contributed by atoms with E-state index in [0.29, 0.717) is 30.4 Å². The number of nitrogens with one attached hydrogen (secondary N) is 2. The Morgan fingerprint density at radius 3 is 2.90 bits per heavy atom. The molecule has 0 heterocycles. The van der Waals surface area contributed by atoms with Gasteiger partial charge in [-0.1, -0.05) is 23.7 Å². The number of carbonyl (C=O) groups is 1. The first kappa shape index (κ1) is 16.4. The molecule has 106 valence electrons. The van der Waals surface area contributed by atoms with Gasteiger partial charge >= 0.3 is 0 Å². The van der Waals surface area contributed by atoms with Crippen LogP contribution >= 0.6 is 23.2 Å². The molecule has 0 fully saturated rings. The lowest BCUT2D eigenvalue weighted by Gasteiger charge is -2.04. The van der Waals surface area contributed by atoms with Gasteiger partial charge in [0.2, 0.25) is 0 Å². The van der Waals surface area contributed by atoms with Crippen LogP contribution in [0.15, 0.2) is 36.0 Å². The highest BCUT2D eigenvalue weighted by molar-refractivity contribution is 6.30. The van der Waals surface area contributed by atoms with Gasteiger partial charge in [0, 0.05) is 30.2 Å². The second kappa shape index (κ2) is 9.24. The maximum absolute atomic E-state index is 11.6. The third kappa shape index (κ3) is 5.96. The molecular formula is C14H15Cl2N3O. The van der Waals surface area contributed by atoms with E-state index >= 15 is 0 Å². The molecule has 1 aromatic carbocycles. The van der Waals surface area contributed by atoms with Gasteiger partial charge in [-0.05, 0) is 24.1 Å². The van der Waals surface area contributed by atoms with Crippen LogP contribution in [0, 0.1) is 11.3 Å². The molecular weight excluding hydrogens is 297 g/mol. The second-order valence-corrected chi connectivity index (χ2v) is 4.79. The third-order valence-corrected chi connectivity index (χ3v) is 2.91. The zero-order valence-electron chi connectivity index (χ0n) is 10.8. The van der Waals surface area contributed by atoms with Crippen molar-refractivity contribution < 1.29 is 4.79 Å². The summed E-state index contributed by atoms with van der Waals surface area (Å²) >= 11 is 11.4. The Bertz CT molecular complexity index is 523. The zero-order chi connectivity index (χ0) is 14.8. The second-order valence-electron chi connectivity index (χ2n) is 3.98. The SMILES string of the molecule is N#C/C(=C/NCc1cccc(Cl)c1)C(=O)NCCCCl. The van der Waals surface area contributed by atoms with Crippen molar-refractivity contribution in [1.29, 1.82) is 5.26 Å². The van der Waals surface area contributed by atoms with Crippen LogP contribution in [-0.4, -0.2) is 18.3 Å². The van der Waals surface area contributed by atoms with Crippen LogP contribution in [0.3, 0.4) is 0 Å². The minimum absolute atomic E-state index is 0.0293. The summed E-state index contributed by atoms with van der Waals surface area (Å²) < 4.78 is 0. The highest BCUT2D eigenvalue weighted by Gasteiger charge is 2.07. The van der Waals surface area contributed by atoms with E-state index in [0.717, 1.165) is 5.56 Å². The number of hydrogen-bond donors (Lipinski definition) is 2. The van der Waals surface area contributed by atoms with Crippen molar-refractivity contribution in [2.24, 2.45) is 0 Å². The lowest BCUT2D eigenvalue weighted by molar-refractivity contribution is -0.117. The quantitative estimate of drug-likeness (QED) is 0.352. The van der Waals surface area contributed by atoms with E-state index in [4.69, 9.17) is 28.5 Å². The Hall–Kier alpha value is -1.70. The van der Waals surface area contributed by atoms with Gasteiger partial charge in [-0.25, -0.2) is 0 Å². The van der Waals surface area contributed by atoms with Crippen molar-refractivity contribution in [1.82, 2.24) is 10.6 Å². The molecule has 1 amide bonds. The van der Waals surface area contributed by atoms with Crippen LogP contribution in [0.25, 0.3) is 0 Å². The Morgan fingerprint density at radius 2 is 2.25 bits per heavy atom. The van der Waals surface area contributed by atoms with E-state index < -0.39 is 5.91 Å². The molecule has 0 spiro atoms. The fraction of sp³-hybridized carbons (Fsp3) is 0.286. The van der Waals surface area contributed by atoms with Crippen LogP contribution in [0.2, 0.25) is 5.02 Å². The number of benzene rings is 1. The number of nitrogens with zero attached hydrogens (tertiary/aromatic N) is 1. The van der Waals surface area contributed by atoms with Gasteiger partial charge in [0.25, 0.3) is 5.91 Å². The molecule has 0 unspecified atom stereocenters. The van der Waals surface area contributed by atoms with E-state index in [1.807, 2.05) is 24.3 Å². The predicted molar refractivity (Wildman–Crippen MR) is 80.3 cm³/mol. The number of rotatable bonds is 7. The number of hydrogen-bond acceptors (Lipinski definition) is 3. The maximum atomic E-state index is 11.6. The molecule has 4 nitrogen and oxygen atoms in total. The van der Waals surface area contributed by atoms with Gasteiger partial charge in [0.15, 0.2) is 0 Å². The molecule has 2 N–H and O–H groups in total. The molecule has 0 saturated heterocycles. The molecule has 0 aliphatic carbocycles. The Morgan fingerprint density at radius 1 is 1.45 bits per heavy atom. The van der Waals surface area contributed by atoms with Gasteiger partial charge in [-0.2, -0.15) is 5.26 Å². The van der Waals surface area contributed by atoms with E-state index in [1.165, 1.54) is 6.20 Å². The molecule has 0 radical (unpaired) electrons. The van der Waals surface area contributed by atoms with Crippen LogP contribution in [0.4, 0.5) is 0 Å². The van der Waals surface area contributed by atoms with Crippen molar-refractivity contribution in [3.63, 3.8) is 0 Å². The minimum Gasteiger partial charge on any atom is -0.386 e. The van der Waals surface area contributed by atoms with E-state index in [9.17, 15) is 4.79 Å². The molecule has 0 aromatic heterocycles. The van der Waals surface area contributed by atoms with Crippen LogP contribution in [0.1, 0.15) is 12.0 Å². The van der Waals surface area contributed by atoms with Crippen molar-refractivity contribution in [2.75, 3.05) is 12.4 Å². The Balaban J connectivity index is 2.49. The van der Waals surface area contributed by atoms with Crippen LogP contribution in [0.5, 0.6) is 0 Å². The highest BCUT2D eigenvalue weighted by Crippen LogP contribution is 2.10. The number of amides is 1. The molecule has 0 aliphatic heterocycles. The predicted octanol–water partition coefficient (Wildman–Crippen LogP) is 2.58. The summed E-state index contributed by atoms with van der Waals surface area (Å²) in [4.78, 5) is 11.6. The van der Waals surface area contributed by atoms with Crippen molar-refractivity contribution in [3.05, 3.63) is 46.6 Å². The van der Waals surface area contributed by atoms with Gasteiger partial charge in [0.05, 0.1) is 0 Å². The summed E-state index contributed by atoms with van der Waals surface area (Å²) in [6, 6.07) is 9.19. The van der Waals surface area contributed by atoms with Gasteiger partial charge in [-0.3, -0.25) is 4.79 Å². The van der Waals surface area contributed by atoms with Gasteiger partial charge < -0.3 is 10.6 Å². The maximum Gasteiger partial charge on any atom is 0.263 e. The van der Waals surface area contributed by atoms with Crippen molar-refractivity contribution in [2.45, 2.75) is 13.0 Å². The molecule has 0 aliphatic rings. The monoisotopic (exact) mass is 311 g/mol. The largest absolute Gasteiger partial charge is 0.386 e. The highest BCUT2D eigenvalue weighted by atomic mass is 35.5. The van der Waals surface area contributed by atoms with Crippen molar-refractivity contribution >= 4 is 29.1 Å². The van der Waals surface area contributed by atoms with E-state index in [1.54, 1.807) is 6.07 Å². The summed E-state index contributed by atoms with van der Waals surface area (Å²) in [5.41, 5.74) is 0.996. The van der Waals surface area contributed by atoms with Crippen molar-refractivity contribution in [3.8, 4) is 6.07 Å². The summed E-state index contributed by atoms with van der Waals surface area (Å²) in [7, 11) is 0. The minimum atomic E-state index is -0.406. The average Bonchev–Trinajstić information content (AvgIpc) is 2.44. The first-order valence-electron chi connectivity index (χ1n) is 6.09. The summed E-state index contributed by atoms with van der Waals surface area (Å²) in [5, 5.41) is 15.1.